The van der Waals surface area contributed by atoms with E-state index in [1.54, 1.807) is 12.3 Å². The molecule has 2 atom stereocenters. The number of rotatable bonds is 3. The van der Waals surface area contributed by atoms with Crippen LogP contribution in [0.3, 0.4) is 0 Å². The molecule has 26 heavy (non-hydrogen) atoms. The van der Waals surface area contributed by atoms with Gasteiger partial charge in [0.25, 0.3) is 5.91 Å². The third-order valence-electron chi connectivity index (χ3n) is 5.49. The van der Waals surface area contributed by atoms with Gasteiger partial charge in [-0.3, -0.25) is 9.78 Å². The van der Waals surface area contributed by atoms with Crippen LogP contribution in [0.2, 0.25) is 5.15 Å². The molecule has 1 aliphatic heterocycles. The highest BCUT2D eigenvalue weighted by atomic mass is 35.5. The van der Waals surface area contributed by atoms with Crippen molar-refractivity contribution in [2.24, 2.45) is 0 Å². The molecule has 0 bridgehead atoms. The van der Waals surface area contributed by atoms with Gasteiger partial charge < -0.3 is 10.0 Å². The van der Waals surface area contributed by atoms with E-state index in [0.717, 1.165) is 48.2 Å². The van der Waals surface area contributed by atoms with Gasteiger partial charge >= 0.3 is 0 Å². The van der Waals surface area contributed by atoms with Gasteiger partial charge in [-0.25, -0.2) is 4.98 Å². The van der Waals surface area contributed by atoms with Crippen LogP contribution in [-0.4, -0.2) is 38.0 Å². The van der Waals surface area contributed by atoms with Gasteiger partial charge in [-0.1, -0.05) is 30.5 Å². The number of halogens is 1. The largest absolute Gasteiger partial charge is 0.391 e. The molecule has 0 saturated heterocycles. The molecule has 0 spiro atoms. The summed E-state index contributed by atoms with van der Waals surface area (Å²) >= 11 is 5.85. The predicted molar refractivity (Wildman–Crippen MR) is 99.2 cm³/mol. The SMILES string of the molecule is Cc1nc2c(cc1Cc1ccc(Cl)nc1)C(=O)N([C@H]1CCCC[C@@H]1O)C2. The van der Waals surface area contributed by atoms with Crippen LogP contribution in [0.25, 0.3) is 0 Å². The quantitative estimate of drug-likeness (QED) is 0.841. The Hall–Kier alpha value is -1.98. The summed E-state index contributed by atoms with van der Waals surface area (Å²) in [6.07, 6.45) is 5.71. The van der Waals surface area contributed by atoms with Crippen molar-refractivity contribution in [1.29, 1.82) is 0 Å². The molecule has 1 saturated carbocycles. The van der Waals surface area contributed by atoms with Crippen LogP contribution >= 0.6 is 11.6 Å². The van der Waals surface area contributed by atoms with Crippen molar-refractivity contribution in [1.82, 2.24) is 14.9 Å². The van der Waals surface area contributed by atoms with E-state index >= 15 is 0 Å². The van der Waals surface area contributed by atoms with Gasteiger partial charge in [0.1, 0.15) is 5.15 Å². The van der Waals surface area contributed by atoms with Crippen LogP contribution in [0.5, 0.6) is 0 Å². The molecule has 0 aromatic carbocycles. The molecule has 0 radical (unpaired) electrons. The maximum atomic E-state index is 12.9. The summed E-state index contributed by atoms with van der Waals surface area (Å²) in [7, 11) is 0. The van der Waals surface area contributed by atoms with Crippen molar-refractivity contribution < 1.29 is 9.90 Å². The molecule has 136 valence electrons. The summed E-state index contributed by atoms with van der Waals surface area (Å²) in [6, 6.07) is 5.58. The molecule has 1 amide bonds. The van der Waals surface area contributed by atoms with E-state index < -0.39 is 6.10 Å². The molecular formula is C20H22ClN3O2. The topological polar surface area (TPSA) is 66.3 Å². The molecule has 3 heterocycles. The van der Waals surface area contributed by atoms with Crippen molar-refractivity contribution in [3.8, 4) is 0 Å². The molecule has 1 aliphatic carbocycles. The summed E-state index contributed by atoms with van der Waals surface area (Å²) in [4.78, 5) is 23.6. The summed E-state index contributed by atoms with van der Waals surface area (Å²) in [5.74, 6) is -0.00562. The Bertz CT molecular complexity index is 838. The number of hydrogen-bond acceptors (Lipinski definition) is 4. The summed E-state index contributed by atoms with van der Waals surface area (Å²) in [6.45, 7) is 2.47. The van der Waals surface area contributed by atoms with Gasteiger partial charge in [0.15, 0.2) is 0 Å². The highest BCUT2D eigenvalue weighted by Crippen LogP contribution is 2.31. The van der Waals surface area contributed by atoms with Gasteiger partial charge in [0, 0.05) is 18.3 Å². The Morgan fingerprint density at radius 1 is 1.31 bits per heavy atom. The fraction of sp³-hybridized carbons (Fsp3) is 0.450. The number of nitrogens with zero attached hydrogens (tertiary/aromatic N) is 3. The zero-order chi connectivity index (χ0) is 18.3. The first kappa shape index (κ1) is 17.4. The predicted octanol–water partition coefficient (Wildman–Crippen LogP) is 3.29. The number of aromatic nitrogens is 2. The zero-order valence-corrected chi connectivity index (χ0v) is 15.5. The molecule has 4 rings (SSSR count). The minimum absolute atomic E-state index is 0.00562. The molecule has 2 aromatic heterocycles. The van der Waals surface area contributed by atoms with E-state index in [0.29, 0.717) is 23.7 Å². The van der Waals surface area contributed by atoms with Crippen molar-refractivity contribution in [3.05, 3.63) is 57.6 Å². The number of aliphatic hydroxyl groups excluding tert-OH is 1. The normalized spacial score (nSPS) is 22.6. The standard InChI is InChI=1S/C20H22ClN3O2/c1-12-14(8-13-6-7-19(21)22-10-13)9-15-16(23-12)11-24(20(15)26)17-4-2-3-5-18(17)25/h6-7,9-10,17-18,25H,2-5,8,11H2,1H3/t17-,18-/m0/s1. The average molecular weight is 372 g/mol. The maximum Gasteiger partial charge on any atom is 0.256 e. The highest BCUT2D eigenvalue weighted by Gasteiger charge is 2.38. The summed E-state index contributed by atoms with van der Waals surface area (Å²) in [5, 5.41) is 10.8. The first-order valence-electron chi connectivity index (χ1n) is 9.12. The first-order valence-corrected chi connectivity index (χ1v) is 9.49. The number of carbonyl (C=O) groups excluding carboxylic acids is 1. The first-order chi connectivity index (χ1) is 12.5. The summed E-state index contributed by atoms with van der Waals surface area (Å²) < 4.78 is 0. The van der Waals surface area contributed by atoms with Gasteiger partial charge in [0.2, 0.25) is 0 Å². The Kier molecular flexibility index (Phi) is 4.67. The minimum atomic E-state index is -0.428. The Balaban J connectivity index is 1.59. The fourth-order valence-electron chi connectivity index (χ4n) is 4.02. The third kappa shape index (κ3) is 3.21. The minimum Gasteiger partial charge on any atom is -0.391 e. The van der Waals surface area contributed by atoms with Crippen LogP contribution < -0.4 is 0 Å². The molecule has 1 N–H and O–H groups in total. The monoisotopic (exact) mass is 371 g/mol. The molecule has 6 heteroatoms. The molecule has 2 aromatic rings. The lowest BCUT2D eigenvalue weighted by Crippen LogP contribution is -2.45. The van der Waals surface area contributed by atoms with E-state index in [1.165, 1.54) is 0 Å². The van der Waals surface area contributed by atoms with Crippen LogP contribution in [-0.2, 0) is 13.0 Å². The highest BCUT2D eigenvalue weighted by molar-refractivity contribution is 6.29. The fourth-order valence-corrected chi connectivity index (χ4v) is 4.13. The van der Waals surface area contributed by atoms with Crippen LogP contribution in [0.1, 0.15) is 58.6 Å². The number of carbonyl (C=O) groups is 1. The third-order valence-corrected chi connectivity index (χ3v) is 5.71. The van der Waals surface area contributed by atoms with E-state index in [2.05, 4.69) is 4.98 Å². The number of fused-ring (bicyclic) bond motifs is 1. The number of pyridine rings is 2. The molecule has 1 fully saturated rings. The number of hydrogen-bond donors (Lipinski definition) is 1. The maximum absolute atomic E-state index is 12.9. The van der Waals surface area contributed by atoms with Crippen molar-refractivity contribution >= 4 is 17.5 Å². The second-order valence-corrected chi connectivity index (χ2v) is 7.63. The second kappa shape index (κ2) is 6.97. The number of aryl methyl sites for hydroxylation is 1. The van der Waals surface area contributed by atoms with Crippen LogP contribution in [0, 0.1) is 6.92 Å². The average Bonchev–Trinajstić information content (AvgIpc) is 2.93. The van der Waals surface area contributed by atoms with Gasteiger partial charge in [-0.15, -0.1) is 0 Å². The van der Waals surface area contributed by atoms with E-state index in [1.807, 2.05) is 24.0 Å². The molecule has 2 aliphatic rings. The number of aliphatic hydroxyl groups is 1. The lowest BCUT2D eigenvalue weighted by Gasteiger charge is -2.34. The van der Waals surface area contributed by atoms with Crippen molar-refractivity contribution in [2.45, 2.75) is 57.7 Å². The Labute approximate surface area is 158 Å². The van der Waals surface area contributed by atoms with Gasteiger partial charge in [-0.2, -0.15) is 0 Å². The van der Waals surface area contributed by atoms with Crippen LogP contribution in [0.15, 0.2) is 24.4 Å². The second-order valence-electron chi connectivity index (χ2n) is 7.25. The van der Waals surface area contributed by atoms with Gasteiger partial charge in [-0.05, 0) is 43.0 Å². The van der Waals surface area contributed by atoms with E-state index in [9.17, 15) is 9.90 Å². The Morgan fingerprint density at radius 2 is 2.12 bits per heavy atom. The van der Waals surface area contributed by atoms with Crippen LogP contribution in [0.4, 0.5) is 0 Å². The lowest BCUT2D eigenvalue weighted by atomic mass is 9.91. The smallest absolute Gasteiger partial charge is 0.256 e. The van der Waals surface area contributed by atoms with E-state index in [4.69, 9.17) is 16.6 Å². The van der Waals surface area contributed by atoms with Gasteiger partial charge in [0.05, 0.1) is 29.9 Å². The summed E-state index contributed by atoms with van der Waals surface area (Å²) in [5.41, 5.74) is 4.47. The number of amides is 1. The van der Waals surface area contributed by atoms with E-state index in [-0.39, 0.29) is 11.9 Å². The zero-order valence-electron chi connectivity index (χ0n) is 14.8. The van der Waals surface area contributed by atoms with Crippen molar-refractivity contribution in [2.75, 3.05) is 0 Å². The Morgan fingerprint density at radius 3 is 2.85 bits per heavy atom. The molecule has 5 nitrogen and oxygen atoms in total. The van der Waals surface area contributed by atoms with Crippen molar-refractivity contribution in [3.63, 3.8) is 0 Å². The lowest BCUT2D eigenvalue weighted by molar-refractivity contribution is 0.0189. The molecular weight excluding hydrogens is 350 g/mol. The molecule has 0 unspecified atom stereocenters.